The summed E-state index contributed by atoms with van der Waals surface area (Å²) in [5.74, 6) is 0.409. The highest BCUT2D eigenvalue weighted by molar-refractivity contribution is 6.15. The van der Waals surface area contributed by atoms with Crippen molar-refractivity contribution in [3.05, 3.63) is 84.7 Å². The first kappa shape index (κ1) is 17.2. The van der Waals surface area contributed by atoms with Crippen molar-refractivity contribution < 1.29 is 4.42 Å². The van der Waals surface area contributed by atoms with Gasteiger partial charge in [-0.05, 0) is 45.8 Å². The van der Waals surface area contributed by atoms with Crippen LogP contribution in [0.4, 0.5) is 0 Å². The number of nitrogens with zero attached hydrogens (tertiary/aromatic N) is 2. The van der Waals surface area contributed by atoms with Gasteiger partial charge in [0.2, 0.25) is 0 Å². The van der Waals surface area contributed by atoms with E-state index in [1.807, 2.05) is 12.1 Å². The van der Waals surface area contributed by atoms with Gasteiger partial charge in [-0.2, -0.15) is 0 Å². The molecule has 0 radical (unpaired) electrons. The van der Waals surface area contributed by atoms with Crippen molar-refractivity contribution in [2.24, 2.45) is 0 Å². The Morgan fingerprint density at radius 1 is 0.700 bits per heavy atom. The normalized spacial score (nSPS) is 12.0. The molecule has 6 rings (SSSR count). The van der Waals surface area contributed by atoms with Crippen LogP contribution in [0.1, 0.15) is 25.3 Å². The summed E-state index contributed by atoms with van der Waals surface area (Å²) < 4.78 is 6.44. The quantitative estimate of drug-likeness (QED) is 0.309. The molecule has 6 aromatic rings. The molecule has 144 valence electrons. The molecule has 0 fully saturated rings. The van der Waals surface area contributed by atoms with E-state index in [-0.39, 0.29) is 0 Å². The molecule has 0 saturated heterocycles. The minimum Gasteiger partial charge on any atom is -0.451 e. The molecule has 4 aromatic carbocycles. The highest BCUT2D eigenvalue weighted by Gasteiger charge is 2.18. The van der Waals surface area contributed by atoms with Gasteiger partial charge >= 0.3 is 0 Å². The van der Waals surface area contributed by atoms with Gasteiger partial charge in [-0.15, -0.1) is 0 Å². The van der Waals surface area contributed by atoms with Crippen LogP contribution in [0, 0.1) is 0 Å². The zero-order valence-corrected chi connectivity index (χ0v) is 16.9. The van der Waals surface area contributed by atoms with E-state index < -0.39 is 0 Å². The van der Waals surface area contributed by atoms with Gasteiger partial charge in [0.25, 0.3) is 0 Å². The molecule has 0 atom stereocenters. The van der Waals surface area contributed by atoms with E-state index in [2.05, 4.69) is 84.5 Å². The molecule has 0 aliphatic carbocycles. The van der Waals surface area contributed by atoms with Crippen LogP contribution >= 0.6 is 0 Å². The first-order valence-electron chi connectivity index (χ1n) is 10.3. The smallest absolute Gasteiger partial charge is 0.180 e. The highest BCUT2D eigenvalue weighted by atomic mass is 16.3. The summed E-state index contributed by atoms with van der Waals surface area (Å²) in [4.78, 5) is 9.23. The number of furan rings is 1. The Hall–Kier alpha value is -3.72. The zero-order valence-electron chi connectivity index (χ0n) is 16.9. The van der Waals surface area contributed by atoms with Crippen LogP contribution in [-0.4, -0.2) is 9.97 Å². The van der Waals surface area contributed by atoms with Crippen LogP contribution in [0.2, 0.25) is 0 Å². The van der Waals surface area contributed by atoms with E-state index in [4.69, 9.17) is 4.42 Å². The summed E-state index contributed by atoms with van der Waals surface area (Å²) in [7, 11) is 0. The predicted molar refractivity (Wildman–Crippen MR) is 124 cm³/mol. The van der Waals surface area contributed by atoms with E-state index in [1.54, 1.807) is 6.33 Å². The Labute approximate surface area is 174 Å². The van der Waals surface area contributed by atoms with Gasteiger partial charge in [0, 0.05) is 16.3 Å². The number of benzene rings is 4. The molecule has 0 bridgehead atoms. The third-order valence-corrected chi connectivity index (χ3v) is 5.93. The zero-order chi connectivity index (χ0) is 20.2. The second-order valence-corrected chi connectivity index (χ2v) is 8.11. The van der Waals surface area contributed by atoms with Gasteiger partial charge < -0.3 is 4.42 Å². The second kappa shape index (κ2) is 6.39. The summed E-state index contributed by atoms with van der Waals surface area (Å²) in [6.45, 7) is 4.46. The topological polar surface area (TPSA) is 38.9 Å². The summed E-state index contributed by atoms with van der Waals surface area (Å²) in [6.07, 6.45) is 1.64. The van der Waals surface area contributed by atoms with E-state index in [0.29, 0.717) is 5.92 Å². The van der Waals surface area contributed by atoms with Crippen LogP contribution < -0.4 is 0 Å². The third-order valence-electron chi connectivity index (χ3n) is 5.93. The fourth-order valence-electron chi connectivity index (χ4n) is 4.46. The van der Waals surface area contributed by atoms with Gasteiger partial charge in [-0.1, -0.05) is 68.4 Å². The molecule has 2 heterocycles. The molecule has 0 spiro atoms. The first-order valence-corrected chi connectivity index (χ1v) is 10.3. The molecule has 0 unspecified atom stereocenters. The van der Waals surface area contributed by atoms with Gasteiger partial charge in [-0.25, -0.2) is 9.97 Å². The maximum absolute atomic E-state index is 6.44. The lowest BCUT2D eigenvalue weighted by Crippen LogP contribution is -1.93. The third kappa shape index (κ3) is 2.45. The average molecular weight is 388 g/mol. The first-order chi connectivity index (χ1) is 14.7. The van der Waals surface area contributed by atoms with Crippen molar-refractivity contribution in [3.8, 4) is 11.3 Å². The van der Waals surface area contributed by atoms with Crippen LogP contribution in [0.5, 0.6) is 0 Å². The van der Waals surface area contributed by atoms with Crippen LogP contribution in [0.3, 0.4) is 0 Å². The largest absolute Gasteiger partial charge is 0.451 e. The SMILES string of the molecule is CC(C)c1cc(-c2ncnc3c2oc2c4ccccc4ccc32)cc2ccccc12. The molecule has 0 saturated carbocycles. The fraction of sp³-hybridized carbons (Fsp3) is 0.111. The number of rotatable bonds is 2. The van der Waals surface area contributed by atoms with Crippen molar-refractivity contribution in [1.29, 1.82) is 0 Å². The molecule has 30 heavy (non-hydrogen) atoms. The monoisotopic (exact) mass is 388 g/mol. The molecule has 0 aliphatic rings. The van der Waals surface area contributed by atoms with Crippen molar-refractivity contribution in [2.75, 3.05) is 0 Å². The van der Waals surface area contributed by atoms with E-state index in [9.17, 15) is 0 Å². The summed E-state index contributed by atoms with van der Waals surface area (Å²) >= 11 is 0. The minimum atomic E-state index is 0.409. The number of hydrogen-bond acceptors (Lipinski definition) is 3. The van der Waals surface area contributed by atoms with Crippen LogP contribution in [-0.2, 0) is 0 Å². The second-order valence-electron chi connectivity index (χ2n) is 8.11. The molecule has 3 heteroatoms. The van der Waals surface area contributed by atoms with E-state index >= 15 is 0 Å². The summed E-state index contributed by atoms with van der Waals surface area (Å²) in [5.41, 5.74) is 5.70. The maximum atomic E-state index is 6.44. The Kier molecular flexibility index (Phi) is 3.66. The van der Waals surface area contributed by atoms with Crippen molar-refractivity contribution in [1.82, 2.24) is 9.97 Å². The molecule has 0 amide bonds. The molecular formula is C27H20N2O. The van der Waals surface area contributed by atoms with Gasteiger partial charge in [0.15, 0.2) is 5.58 Å². The predicted octanol–water partition coefficient (Wildman–Crippen LogP) is 7.47. The number of fused-ring (bicyclic) bond motifs is 6. The molecular weight excluding hydrogens is 368 g/mol. The van der Waals surface area contributed by atoms with E-state index in [1.165, 1.54) is 16.3 Å². The standard InChI is InChI=1S/C27H20N2O/c1-16(2)23-14-19(13-18-8-4-5-9-20(18)23)24-27-25(29-15-28-24)22-12-11-17-7-3-6-10-21(17)26(22)30-27/h3-16H,1-2H3. The van der Waals surface area contributed by atoms with Gasteiger partial charge in [0.1, 0.15) is 23.1 Å². The lowest BCUT2D eigenvalue weighted by atomic mass is 9.92. The molecule has 3 nitrogen and oxygen atoms in total. The summed E-state index contributed by atoms with van der Waals surface area (Å²) in [6, 6.07) is 25.5. The van der Waals surface area contributed by atoms with Gasteiger partial charge in [-0.3, -0.25) is 0 Å². The maximum Gasteiger partial charge on any atom is 0.180 e. The molecule has 0 aliphatic heterocycles. The van der Waals surface area contributed by atoms with Crippen molar-refractivity contribution >= 4 is 43.6 Å². The Morgan fingerprint density at radius 3 is 2.30 bits per heavy atom. The minimum absolute atomic E-state index is 0.409. The number of hydrogen-bond donors (Lipinski definition) is 0. The van der Waals surface area contributed by atoms with Crippen LogP contribution in [0.15, 0.2) is 83.5 Å². The molecule has 0 N–H and O–H groups in total. The average Bonchev–Trinajstić information content (AvgIpc) is 3.17. The number of aromatic nitrogens is 2. The van der Waals surface area contributed by atoms with Crippen LogP contribution in [0.25, 0.3) is 54.9 Å². The van der Waals surface area contributed by atoms with Crippen molar-refractivity contribution in [2.45, 2.75) is 19.8 Å². The van der Waals surface area contributed by atoms with Gasteiger partial charge in [0.05, 0.1) is 0 Å². The fourth-order valence-corrected chi connectivity index (χ4v) is 4.46. The van der Waals surface area contributed by atoms with E-state index in [0.717, 1.165) is 44.1 Å². The molecule has 2 aromatic heterocycles. The Bertz CT molecular complexity index is 1580. The van der Waals surface area contributed by atoms with Crippen molar-refractivity contribution in [3.63, 3.8) is 0 Å². The highest BCUT2D eigenvalue weighted by Crippen LogP contribution is 2.38. The lowest BCUT2D eigenvalue weighted by molar-refractivity contribution is 0.671. The lowest BCUT2D eigenvalue weighted by Gasteiger charge is -2.13. The Balaban J connectivity index is 1.70. The Morgan fingerprint density at radius 2 is 1.47 bits per heavy atom. The summed E-state index contributed by atoms with van der Waals surface area (Å²) in [5, 5.41) is 5.79.